The minimum atomic E-state index is -0.759. The number of nitrogens with one attached hydrogen (secondary N) is 1. The molecule has 2 aliphatic rings. The van der Waals surface area contributed by atoms with Crippen molar-refractivity contribution in [1.29, 1.82) is 0 Å². The van der Waals surface area contributed by atoms with Crippen LogP contribution in [0.5, 0.6) is 0 Å². The van der Waals surface area contributed by atoms with E-state index < -0.39 is 5.54 Å². The van der Waals surface area contributed by atoms with Crippen LogP contribution >= 0.6 is 0 Å². The zero-order valence-electron chi connectivity index (χ0n) is 13.6. The van der Waals surface area contributed by atoms with Gasteiger partial charge in [-0.1, -0.05) is 20.8 Å². The fraction of sp³-hybridized carbons (Fsp3) is 0.938. The zero-order valence-corrected chi connectivity index (χ0v) is 13.6. The summed E-state index contributed by atoms with van der Waals surface area (Å²) in [6.07, 6.45) is 3.55. The molecule has 2 unspecified atom stereocenters. The van der Waals surface area contributed by atoms with Gasteiger partial charge >= 0.3 is 0 Å². The lowest BCUT2D eigenvalue weighted by Crippen LogP contribution is -2.58. The maximum Gasteiger partial charge on any atom is 0.240 e. The standard InChI is InChI=1S/C16H30N2O3/c1-15(2,3)13-12(5-4-8-21-13)11-18-14(19)16(17)6-9-20-10-7-16/h12-13H,4-11,17H2,1-3H3,(H,18,19). The van der Waals surface area contributed by atoms with Gasteiger partial charge in [0.15, 0.2) is 0 Å². The maximum atomic E-state index is 12.4. The van der Waals surface area contributed by atoms with E-state index in [0.29, 0.717) is 38.5 Å². The number of hydrogen-bond acceptors (Lipinski definition) is 4. The smallest absolute Gasteiger partial charge is 0.240 e. The van der Waals surface area contributed by atoms with E-state index in [-0.39, 0.29) is 17.4 Å². The summed E-state index contributed by atoms with van der Waals surface area (Å²) in [6, 6.07) is 0. The molecule has 0 aromatic carbocycles. The molecule has 5 heteroatoms. The van der Waals surface area contributed by atoms with Crippen LogP contribution in [0.4, 0.5) is 0 Å². The second kappa shape index (κ2) is 6.63. The van der Waals surface area contributed by atoms with Crippen molar-refractivity contribution in [3.63, 3.8) is 0 Å². The quantitative estimate of drug-likeness (QED) is 0.827. The molecule has 0 aromatic rings. The molecule has 2 saturated heterocycles. The second-order valence-corrected chi connectivity index (χ2v) is 7.54. The normalized spacial score (nSPS) is 29.9. The van der Waals surface area contributed by atoms with Gasteiger partial charge in [0.2, 0.25) is 5.91 Å². The van der Waals surface area contributed by atoms with E-state index in [9.17, 15) is 4.79 Å². The Kier molecular flexibility index (Phi) is 5.28. The van der Waals surface area contributed by atoms with Crippen LogP contribution in [-0.2, 0) is 14.3 Å². The summed E-state index contributed by atoms with van der Waals surface area (Å²) in [5.41, 5.74) is 5.55. The van der Waals surface area contributed by atoms with Gasteiger partial charge in [-0.3, -0.25) is 4.79 Å². The van der Waals surface area contributed by atoms with Gasteiger partial charge in [-0.15, -0.1) is 0 Å². The van der Waals surface area contributed by atoms with Crippen molar-refractivity contribution in [2.24, 2.45) is 17.1 Å². The van der Waals surface area contributed by atoms with Crippen LogP contribution in [0.3, 0.4) is 0 Å². The molecule has 0 bridgehead atoms. The highest BCUT2D eigenvalue weighted by atomic mass is 16.5. The molecule has 0 aromatic heterocycles. The van der Waals surface area contributed by atoms with Crippen molar-refractivity contribution in [3.05, 3.63) is 0 Å². The van der Waals surface area contributed by atoms with E-state index in [1.807, 2.05) is 0 Å². The molecule has 2 aliphatic heterocycles. The van der Waals surface area contributed by atoms with Gasteiger partial charge in [-0.05, 0) is 31.1 Å². The van der Waals surface area contributed by atoms with Crippen LogP contribution in [0, 0.1) is 11.3 Å². The molecule has 1 amide bonds. The zero-order chi connectivity index (χ0) is 15.5. The Morgan fingerprint density at radius 3 is 2.57 bits per heavy atom. The minimum absolute atomic E-state index is 0.0379. The molecule has 122 valence electrons. The van der Waals surface area contributed by atoms with Crippen LogP contribution in [0.2, 0.25) is 0 Å². The number of hydrogen-bond donors (Lipinski definition) is 2. The fourth-order valence-electron chi connectivity index (χ4n) is 3.37. The van der Waals surface area contributed by atoms with Gasteiger partial charge in [0.1, 0.15) is 0 Å². The molecule has 0 spiro atoms. The summed E-state index contributed by atoms with van der Waals surface area (Å²) in [5.74, 6) is 0.329. The monoisotopic (exact) mass is 298 g/mol. The third-order valence-corrected chi connectivity index (χ3v) is 4.66. The first-order valence-corrected chi connectivity index (χ1v) is 8.09. The summed E-state index contributed by atoms with van der Waals surface area (Å²) >= 11 is 0. The Morgan fingerprint density at radius 2 is 1.95 bits per heavy atom. The van der Waals surface area contributed by atoms with E-state index in [1.54, 1.807) is 0 Å². The molecule has 0 aliphatic carbocycles. The summed E-state index contributed by atoms with van der Waals surface area (Å²) in [5, 5.41) is 3.07. The highest BCUT2D eigenvalue weighted by Crippen LogP contribution is 2.33. The van der Waals surface area contributed by atoms with Crippen molar-refractivity contribution in [2.45, 2.75) is 58.1 Å². The predicted octanol–water partition coefficient (Wildman–Crippen LogP) is 1.45. The molecule has 0 saturated carbocycles. The van der Waals surface area contributed by atoms with Crippen molar-refractivity contribution in [2.75, 3.05) is 26.4 Å². The molecule has 2 atom stereocenters. The maximum absolute atomic E-state index is 12.4. The molecule has 2 fully saturated rings. The van der Waals surface area contributed by atoms with E-state index in [0.717, 1.165) is 19.4 Å². The van der Waals surface area contributed by atoms with Crippen molar-refractivity contribution in [1.82, 2.24) is 5.32 Å². The highest BCUT2D eigenvalue weighted by Gasteiger charge is 2.38. The van der Waals surface area contributed by atoms with E-state index in [2.05, 4.69) is 26.1 Å². The summed E-state index contributed by atoms with van der Waals surface area (Å²) in [4.78, 5) is 12.4. The van der Waals surface area contributed by atoms with Gasteiger partial charge < -0.3 is 20.5 Å². The molecule has 2 heterocycles. The Balaban J connectivity index is 1.90. The average molecular weight is 298 g/mol. The lowest BCUT2D eigenvalue weighted by molar-refractivity contribution is -0.131. The first-order valence-electron chi connectivity index (χ1n) is 8.09. The van der Waals surface area contributed by atoms with E-state index >= 15 is 0 Å². The van der Waals surface area contributed by atoms with E-state index in [4.69, 9.17) is 15.2 Å². The predicted molar refractivity (Wildman–Crippen MR) is 81.9 cm³/mol. The molecular weight excluding hydrogens is 268 g/mol. The van der Waals surface area contributed by atoms with Crippen LogP contribution < -0.4 is 11.1 Å². The first-order chi connectivity index (χ1) is 9.83. The van der Waals surface area contributed by atoms with Gasteiger partial charge in [0, 0.05) is 32.3 Å². The third kappa shape index (κ3) is 4.18. The SMILES string of the molecule is CC(C)(C)C1OCCCC1CNC(=O)C1(N)CCOCC1. The average Bonchev–Trinajstić information content (AvgIpc) is 2.45. The minimum Gasteiger partial charge on any atom is -0.381 e. The molecule has 21 heavy (non-hydrogen) atoms. The Labute approximate surface area is 127 Å². The third-order valence-electron chi connectivity index (χ3n) is 4.66. The van der Waals surface area contributed by atoms with Crippen molar-refractivity contribution in [3.8, 4) is 0 Å². The lowest BCUT2D eigenvalue weighted by Gasteiger charge is -2.41. The van der Waals surface area contributed by atoms with Gasteiger partial charge in [-0.25, -0.2) is 0 Å². The first kappa shape index (κ1) is 16.7. The Bertz CT molecular complexity index is 359. The van der Waals surface area contributed by atoms with E-state index in [1.165, 1.54) is 0 Å². The van der Waals surface area contributed by atoms with Crippen LogP contribution in [0.1, 0.15) is 46.5 Å². The summed E-state index contributed by atoms with van der Waals surface area (Å²) < 4.78 is 11.2. The topological polar surface area (TPSA) is 73.6 Å². The Morgan fingerprint density at radius 1 is 1.29 bits per heavy atom. The number of carbonyl (C=O) groups excluding carboxylic acids is 1. The molecular formula is C16H30N2O3. The van der Waals surface area contributed by atoms with Gasteiger partial charge in [0.05, 0.1) is 11.6 Å². The highest BCUT2D eigenvalue weighted by molar-refractivity contribution is 5.86. The Hall–Kier alpha value is -0.650. The van der Waals surface area contributed by atoms with Crippen molar-refractivity contribution < 1.29 is 14.3 Å². The number of nitrogens with two attached hydrogens (primary N) is 1. The van der Waals surface area contributed by atoms with Crippen LogP contribution in [-0.4, -0.2) is 43.9 Å². The van der Waals surface area contributed by atoms with Gasteiger partial charge in [-0.2, -0.15) is 0 Å². The summed E-state index contributed by atoms with van der Waals surface area (Å²) in [7, 11) is 0. The fourth-order valence-corrected chi connectivity index (χ4v) is 3.37. The summed E-state index contributed by atoms with van der Waals surface area (Å²) in [6.45, 7) is 9.20. The number of rotatable bonds is 3. The van der Waals surface area contributed by atoms with Crippen LogP contribution in [0.25, 0.3) is 0 Å². The molecule has 3 N–H and O–H groups in total. The van der Waals surface area contributed by atoms with Gasteiger partial charge in [0.25, 0.3) is 0 Å². The van der Waals surface area contributed by atoms with Crippen LogP contribution in [0.15, 0.2) is 0 Å². The lowest BCUT2D eigenvalue weighted by atomic mass is 9.78. The number of ether oxygens (including phenoxy) is 2. The number of amides is 1. The molecule has 2 rings (SSSR count). The molecule has 5 nitrogen and oxygen atoms in total. The molecule has 0 radical (unpaired) electrons. The largest absolute Gasteiger partial charge is 0.381 e. The number of carbonyl (C=O) groups is 1. The second-order valence-electron chi connectivity index (χ2n) is 7.54. The van der Waals surface area contributed by atoms with Crippen molar-refractivity contribution >= 4 is 5.91 Å².